The van der Waals surface area contributed by atoms with E-state index in [9.17, 15) is 47.4 Å². The van der Waals surface area contributed by atoms with Crippen LogP contribution in [-0.4, -0.2) is 254 Å². The predicted octanol–water partition coefficient (Wildman–Crippen LogP) is 0.899. The Morgan fingerprint density at radius 2 is 1.14 bits per heavy atom. The van der Waals surface area contributed by atoms with Gasteiger partial charge in [0.1, 0.15) is 48.4 Å². The summed E-state index contributed by atoms with van der Waals surface area (Å²) in [5, 5.41) is 41.1. The summed E-state index contributed by atoms with van der Waals surface area (Å²) >= 11 is 0. The largest absolute Gasteiger partial charge is 0.390 e. The smallest absolute Gasteiger partial charge is 0.246 e. The van der Waals surface area contributed by atoms with Gasteiger partial charge in [0.2, 0.25) is 45.5 Å². The number of nitrogens with zero attached hydrogens (tertiary/aromatic N) is 7. The molecule has 0 fully saturated rings. The summed E-state index contributed by atoms with van der Waals surface area (Å²) in [4.78, 5) is 136. The molecule has 8 N–H and O–H groups in total. The highest BCUT2D eigenvalue weighted by molar-refractivity contribution is 7.89. The number of nitrogens with two attached hydrogens (primary N) is 1. The van der Waals surface area contributed by atoms with Crippen molar-refractivity contribution in [3.05, 3.63) is 0 Å². The third kappa shape index (κ3) is 23.8. The van der Waals surface area contributed by atoms with Crippen LogP contribution in [0.25, 0.3) is 0 Å². The van der Waals surface area contributed by atoms with Gasteiger partial charge in [-0.1, -0.05) is 89.5 Å². The number of aliphatic hydroxyl groups excluding tert-OH is 2. The number of sulfonamides is 1. The normalized spacial score (nSPS) is 17.6. The van der Waals surface area contributed by atoms with Crippen molar-refractivity contribution >= 4 is 64.3 Å². The minimum atomic E-state index is -3.80. The molecule has 13 unspecified atom stereocenters. The van der Waals surface area contributed by atoms with Crippen molar-refractivity contribution in [2.45, 2.75) is 214 Å². The van der Waals surface area contributed by atoms with E-state index in [0.717, 1.165) is 9.80 Å². The Morgan fingerprint density at radius 1 is 0.624 bits per heavy atom. The van der Waals surface area contributed by atoms with Crippen molar-refractivity contribution in [3.63, 3.8) is 0 Å². The van der Waals surface area contributed by atoms with Gasteiger partial charge in [-0.15, -0.1) is 0 Å². The lowest BCUT2D eigenvalue weighted by Crippen LogP contribution is -2.67. The van der Waals surface area contributed by atoms with Crippen molar-refractivity contribution in [1.82, 2.24) is 55.6 Å². The van der Waals surface area contributed by atoms with E-state index in [1.54, 1.807) is 81.4 Å². The topological polar surface area (TPSA) is 325 Å². The molecule has 0 aliphatic carbocycles. The fourth-order valence-electron chi connectivity index (χ4n) is 10.5. The number of rotatable bonds is 41. The highest BCUT2D eigenvalue weighted by atomic mass is 32.2. The van der Waals surface area contributed by atoms with E-state index >= 15 is 14.4 Å². The summed E-state index contributed by atoms with van der Waals surface area (Å²) < 4.78 is 23.6. The highest BCUT2D eigenvalue weighted by Gasteiger charge is 2.47. The summed E-state index contributed by atoms with van der Waals surface area (Å²) in [5.41, 5.74) is -2.82. The molecule has 0 saturated heterocycles. The Kier molecular flexibility index (Phi) is 34.1. The van der Waals surface area contributed by atoms with Gasteiger partial charge in [-0.25, -0.2) is 13.6 Å². The quantitative estimate of drug-likeness (QED) is 0.0330. The number of amides is 6. The Morgan fingerprint density at radius 3 is 1.58 bits per heavy atom. The van der Waals surface area contributed by atoms with Gasteiger partial charge < -0.3 is 49.7 Å². The first-order valence-corrected chi connectivity index (χ1v) is 31.8. The van der Waals surface area contributed by atoms with Crippen molar-refractivity contribution in [2.24, 2.45) is 40.6 Å². The number of nitrogens with one attached hydrogen (secondary N) is 4. The first kappa shape index (κ1) is 80.5. The van der Waals surface area contributed by atoms with Crippen molar-refractivity contribution in [3.8, 4) is 0 Å². The molecule has 0 aliphatic rings. The maximum atomic E-state index is 15.3. The molecule has 0 radical (unpaired) electrons. The van der Waals surface area contributed by atoms with Gasteiger partial charge in [0.25, 0.3) is 0 Å². The van der Waals surface area contributed by atoms with E-state index in [2.05, 4.69) is 21.3 Å². The van der Waals surface area contributed by atoms with E-state index in [1.807, 2.05) is 41.5 Å². The first-order chi connectivity index (χ1) is 39.0. The third-order valence-electron chi connectivity index (χ3n) is 16.3. The van der Waals surface area contributed by atoms with Gasteiger partial charge in [-0.05, 0) is 116 Å². The minimum absolute atomic E-state index is 0.0469. The Hall–Kier alpha value is -4.54. The van der Waals surface area contributed by atoms with E-state index in [-0.39, 0.29) is 74.6 Å². The summed E-state index contributed by atoms with van der Waals surface area (Å²) in [6, 6.07) is -9.14. The van der Waals surface area contributed by atoms with E-state index < -0.39 is 129 Å². The van der Waals surface area contributed by atoms with E-state index in [4.69, 9.17) is 5.14 Å². The molecule has 0 aromatic heterocycles. The molecule has 26 heteroatoms. The number of primary sulfonamides is 1. The summed E-state index contributed by atoms with van der Waals surface area (Å²) in [6.07, 6.45) is 0.206. The van der Waals surface area contributed by atoms with Crippen LogP contribution >= 0.6 is 0 Å². The molecule has 0 aliphatic heterocycles. The maximum Gasteiger partial charge on any atom is 0.246 e. The standard InChI is InChI=1S/C59H114N12O13S/c1-24-25-44(54(79)66(18)43(14)53(78)71(23)59(35-74,32-38(6)7)64-45(33-72)39(8)9)62-51(76)49(50(75)41(12)26-27-65(17)28-29-85(60,83)84)70(22)57(82)48(40(10)11)69(21)56(81)47(31-37(4)5)68(20)55(80)46(30-36(2)3)67(19)52(77)42(13)63-58(15,34-73)61-16/h33-50,52,61,63-64,75,77H,24-32H2,1-23H3,(H,62,76)(H2,60,83,84). The molecule has 0 saturated carbocycles. The number of likely N-dealkylation sites (N-methyl/N-ethyl adjacent to an activating group) is 7. The Labute approximate surface area is 510 Å². The van der Waals surface area contributed by atoms with Crippen LogP contribution in [0.1, 0.15) is 142 Å². The second kappa shape index (κ2) is 36.1. The number of carbonyl (C=O) groups is 9. The number of hydrogen-bond donors (Lipinski definition) is 7. The van der Waals surface area contributed by atoms with Crippen LogP contribution in [0, 0.1) is 35.5 Å². The minimum Gasteiger partial charge on any atom is -0.390 e. The lowest BCUT2D eigenvalue weighted by Gasteiger charge is -2.43. The summed E-state index contributed by atoms with van der Waals surface area (Å²) in [6.45, 7) is 26.8. The van der Waals surface area contributed by atoms with Crippen LogP contribution in [0.3, 0.4) is 0 Å². The van der Waals surface area contributed by atoms with Crippen LogP contribution in [0.5, 0.6) is 0 Å². The monoisotopic (exact) mass is 1230 g/mol. The van der Waals surface area contributed by atoms with Crippen molar-refractivity contribution in [2.75, 3.05) is 75.2 Å². The second-order valence-corrected chi connectivity index (χ2v) is 27.6. The van der Waals surface area contributed by atoms with Gasteiger partial charge in [-0.3, -0.25) is 59.2 Å². The van der Waals surface area contributed by atoms with Gasteiger partial charge in [-0.2, -0.15) is 0 Å². The SMILES string of the molecule is CCCC(NC(=O)C(C(O)C(C)CCN(C)CCS(N)(=O)=O)N(C)C(=O)C(C(C)C)N(C)C(=O)C(CC(C)C)N(C)C(=O)C(CC(C)C)N(C)C(O)C(C)NC(C)(C=O)NC)C(=O)N(C)C(C)C(=O)N(C)C(C=O)(CC(C)C)NC(C=O)C(C)C. The Bertz CT molecular complexity index is 2280. The van der Waals surface area contributed by atoms with Gasteiger partial charge >= 0.3 is 0 Å². The number of aldehydes is 3. The molecule has 25 nitrogen and oxygen atoms in total. The number of carbonyl (C=O) groups excluding carboxylic acids is 9. The average molecular weight is 1230 g/mol. The lowest BCUT2D eigenvalue weighted by atomic mass is 9.91. The molecule has 13 atom stereocenters. The van der Waals surface area contributed by atoms with E-state index in [0.29, 0.717) is 25.3 Å². The number of hydrogen-bond acceptors (Lipinski definition) is 18. The zero-order valence-electron chi connectivity index (χ0n) is 55.8. The van der Waals surface area contributed by atoms with Crippen molar-refractivity contribution in [1.29, 1.82) is 0 Å². The van der Waals surface area contributed by atoms with Crippen LogP contribution in [0.15, 0.2) is 0 Å². The Balaban J connectivity index is 7.68. The molecule has 6 amide bonds. The zero-order chi connectivity index (χ0) is 66.6. The summed E-state index contributed by atoms with van der Waals surface area (Å²) in [7, 11) is 8.10. The molecule has 0 aromatic carbocycles. The van der Waals surface area contributed by atoms with Crippen LogP contribution in [0.2, 0.25) is 0 Å². The molecule has 494 valence electrons. The molecule has 0 rings (SSSR count). The predicted molar refractivity (Wildman–Crippen MR) is 330 cm³/mol. The van der Waals surface area contributed by atoms with E-state index in [1.165, 1.54) is 61.8 Å². The fourth-order valence-corrected chi connectivity index (χ4v) is 11.0. The molecule has 85 heavy (non-hydrogen) atoms. The molecular weight excluding hydrogens is 1120 g/mol. The van der Waals surface area contributed by atoms with Crippen LogP contribution in [-0.2, 0) is 53.2 Å². The van der Waals surface area contributed by atoms with Crippen molar-refractivity contribution < 1.29 is 61.8 Å². The molecule has 0 spiro atoms. The van der Waals surface area contributed by atoms with Crippen LogP contribution in [0.4, 0.5) is 0 Å². The average Bonchev–Trinajstić information content (AvgIpc) is 3.39. The molecule has 0 bridgehead atoms. The third-order valence-corrected chi connectivity index (χ3v) is 17.1. The molecule has 0 aromatic rings. The maximum absolute atomic E-state index is 15.3. The lowest BCUT2D eigenvalue weighted by molar-refractivity contribution is -0.158. The molecule has 0 heterocycles. The molecular formula is C59H114N12O13S. The number of aliphatic hydroxyl groups is 2. The van der Waals surface area contributed by atoms with Crippen LogP contribution < -0.4 is 26.4 Å². The van der Waals surface area contributed by atoms with Gasteiger partial charge in [0.05, 0.1) is 23.9 Å². The second-order valence-electron chi connectivity index (χ2n) is 25.8. The summed E-state index contributed by atoms with van der Waals surface area (Å²) in [5.74, 6) is -6.39. The fraction of sp³-hybridized carbons (Fsp3) is 0.847. The zero-order valence-corrected chi connectivity index (χ0v) is 56.7. The first-order valence-electron chi connectivity index (χ1n) is 30.1. The highest BCUT2D eigenvalue weighted by Crippen LogP contribution is 2.27. The van der Waals surface area contributed by atoms with Gasteiger partial charge in [0.15, 0.2) is 18.2 Å². The van der Waals surface area contributed by atoms with Gasteiger partial charge in [0, 0.05) is 47.8 Å².